The minimum atomic E-state index is -0.0417. The van der Waals surface area contributed by atoms with Crippen molar-refractivity contribution < 1.29 is 9.53 Å². The van der Waals surface area contributed by atoms with E-state index in [1.165, 1.54) is 5.56 Å². The maximum absolute atomic E-state index is 12.5. The molecule has 0 saturated carbocycles. The number of aromatic nitrogens is 2. The summed E-state index contributed by atoms with van der Waals surface area (Å²) in [6.07, 6.45) is 5.95. The van der Waals surface area contributed by atoms with Crippen molar-refractivity contribution >= 4 is 11.7 Å². The largest absolute Gasteiger partial charge is 0.494 e. The average Bonchev–Trinajstić information content (AvgIpc) is 3.20. The Hall–Kier alpha value is -2.50. The Labute approximate surface area is 148 Å². The van der Waals surface area contributed by atoms with Crippen LogP contribution in [0.15, 0.2) is 30.6 Å². The first-order valence-corrected chi connectivity index (χ1v) is 8.82. The van der Waals surface area contributed by atoms with Gasteiger partial charge in [-0.2, -0.15) is 5.10 Å². The van der Waals surface area contributed by atoms with Gasteiger partial charge < -0.3 is 15.0 Å². The van der Waals surface area contributed by atoms with Gasteiger partial charge in [0, 0.05) is 38.1 Å². The van der Waals surface area contributed by atoms with E-state index in [1.807, 2.05) is 61.1 Å². The lowest BCUT2D eigenvalue weighted by Crippen LogP contribution is -2.33. The SMILES string of the molecule is CCOc1cc(NC(=O)N2CC[C@H](Cc3cnn(C)c3)C2)ccc1C. The molecule has 1 saturated heterocycles. The number of ether oxygens (including phenoxy) is 1. The van der Waals surface area contributed by atoms with Gasteiger partial charge in [-0.05, 0) is 49.8 Å². The van der Waals surface area contributed by atoms with E-state index < -0.39 is 0 Å². The first-order chi connectivity index (χ1) is 12.0. The Bertz CT molecular complexity index is 741. The zero-order valence-corrected chi connectivity index (χ0v) is 15.2. The highest BCUT2D eigenvalue weighted by Crippen LogP contribution is 2.25. The molecule has 2 heterocycles. The Morgan fingerprint density at radius 3 is 3.00 bits per heavy atom. The number of hydrogen-bond donors (Lipinski definition) is 1. The van der Waals surface area contributed by atoms with E-state index >= 15 is 0 Å². The normalized spacial score (nSPS) is 16.9. The van der Waals surface area contributed by atoms with Crippen molar-refractivity contribution in [3.63, 3.8) is 0 Å². The number of carbonyl (C=O) groups is 1. The molecule has 0 spiro atoms. The highest BCUT2D eigenvalue weighted by Gasteiger charge is 2.26. The van der Waals surface area contributed by atoms with Crippen LogP contribution < -0.4 is 10.1 Å². The fourth-order valence-corrected chi connectivity index (χ4v) is 3.29. The van der Waals surface area contributed by atoms with E-state index in [0.29, 0.717) is 12.5 Å². The van der Waals surface area contributed by atoms with Crippen LogP contribution in [-0.4, -0.2) is 40.4 Å². The highest BCUT2D eigenvalue weighted by atomic mass is 16.5. The summed E-state index contributed by atoms with van der Waals surface area (Å²) in [4.78, 5) is 14.4. The van der Waals surface area contributed by atoms with Crippen LogP contribution in [0, 0.1) is 12.8 Å². The maximum atomic E-state index is 12.5. The molecule has 2 amide bonds. The summed E-state index contributed by atoms with van der Waals surface area (Å²) in [5, 5.41) is 7.20. The van der Waals surface area contributed by atoms with Crippen LogP contribution in [0.5, 0.6) is 5.75 Å². The maximum Gasteiger partial charge on any atom is 0.321 e. The van der Waals surface area contributed by atoms with Crippen LogP contribution in [0.4, 0.5) is 10.5 Å². The third-order valence-corrected chi connectivity index (χ3v) is 4.60. The van der Waals surface area contributed by atoms with Gasteiger partial charge in [-0.3, -0.25) is 4.68 Å². The molecule has 3 rings (SSSR count). The van der Waals surface area contributed by atoms with Crippen molar-refractivity contribution in [2.45, 2.75) is 26.7 Å². The summed E-state index contributed by atoms with van der Waals surface area (Å²) in [7, 11) is 1.93. The third kappa shape index (κ3) is 4.32. The van der Waals surface area contributed by atoms with Gasteiger partial charge in [-0.1, -0.05) is 6.07 Å². The molecule has 1 aromatic carbocycles. The Morgan fingerprint density at radius 2 is 2.28 bits per heavy atom. The lowest BCUT2D eigenvalue weighted by molar-refractivity contribution is 0.221. The molecule has 6 nitrogen and oxygen atoms in total. The summed E-state index contributed by atoms with van der Waals surface area (Å²) in [5.74, 6) is 1.31. The molecule has 0 unspecified atom stereocenters. The molecule has 0 radical (unpaired) electrons. The highest BCUT2D eigenvalue weighted by molar-refractivity contribution is 5.89. The quantitative estimate of drug-likeness (QED) is 0.907. The molecule has 134 valence electrons. The summed E-state index contributed by atoms with van der Waals surface area (Å²) in [5.41, 5.74) is 3.07. The van der Waals surface area contributed by atoms with E-state index in [-0.39, 0.29) is 6.03 Å². The molecule has 1 atom stereocenters. The van der Waals surface area contributed by atoms with Crippen LogP contribution in [0.25, 0.3) is 0 Å². The minimum Gasteiger partial charge on any atom is -0.494 e. The summed E-state index contributed by atoms with van der Waals surface area (Å²) in [6.45, 7) is 6.14. The number of anilines is 1. The van der Waals surface area contributed by atoms with Gasteiger partial charge in [0.05, 0.1) is 12.8 Å². The van der Waals surface area contributed by atoms with Gasteiger partial charge in [0.1, 0.15) is 5.75 Å². The van der Waals surface area contributed by atoms with E-state index in [1.54, 1.807) is 0 Å². The molecule has 1 aliphatic heterocycles. The van der Waals surface area contributed by atoms with Crippen molar-refractivity contribution in [1.29, 1.82) is 0 Å². The fourth-order valence-electron chi connectivity index (χ4n) is 3.29. The van der Waals surface area contributed by atoms with Gasteiger partial charge >= 0.3 is 6.03 Å². The lowest BCUT2D eigenvalue weighted by Gasteiger charge is -2.18. The standard InChI is InChI=1S/C19H26N4O2/c1-4-25-18-10-17(6-5-14(18)2)21-19(24)23-8-7-15(13-23)9-16-11-20-22(3)12-16/h5-6,10-12,15H,4,7-9,13H2,1-3H3,(H,21,24)/t15-/m1/s1. The Morgan fingerprint density at radius 1 is 1.44 bits per heavy atom. The fraction of sp³-hybridized carbons (Fsp3) is 0.474. The van der Waals surface area contributed by atoms with E-state index in [4.69, 9.17) is 4.74 Å². The van der Waals surface area contributed by atoms with Gasteiger partial charge in [0.15, 0.2) is 0 Å². The molecule has 2 aromatic rings. The molecule has 25 heavy (non-hydrogen) atoms. The molecule has 0 bridgehead atoms. The number of aryl methyl sites for hydroxylation is 2. The third-order valence-electron chi connectivity index (χ3n) is 4.60. The monoisotopic (exact) mass is 342 g/mol. The number of rotatable bonds is 5. The minimum absolute atomic E-state index is 0.0417. The van der Waals surface area contributed by atoms with Gasteiger partial charge in [-0.15, -0.1) is 0 Å². The Balaban J connectivity index is 1.56. The van der Waals surface area contributed by atoms with Gasteiger partial charge in [0.25, 0.3) is 0 Å². The average molecular weight is 342 g/mol. The van der Waals surface area contributed by atoms with Crippen molar-refractivity contribution in [1.82, 2.24) is 14.7 Å². The number of hydrogen-bond acceptors (Lipinski definition) is 3. The summed E-state index contributed by atoms with van der Waals surface area (Å²) >= 11 is 0. The second kappa shape index (κ2) is 7.59. The molecule has 1 aromatic heterocycles. The first-order valence-electron chi connectivity index (χ1n) is 8.82. The predicted octanol–water partition coefficient (Wildman–Crippen LogP) is 3.22. The zero-order chi connectivity index (χ0) is 17.8. The van der Waals surface area contributed by atoms with Crippen molar-refractivity contribution in [2.75, 3.05) is 25.0 Å². The molecular weight excluding hydrogens is 316 g/mol. The molecular formula is C19H26N4O2. The number of nitrogens with zero attached hydrogens (tertiary/aromatic N) is 3. The van der Waals surface area contributed by atoms with E-state index in [0.717, 1.165) is 42.9 Å². The van der Waals surface area contributed by atoms with Crippen LogP contribution in [-0.2, 0) is 13.5 Å². The summed E-state index contributed by atoms with van der Waals surface area (Å²) in [6, 6.07) is 5.73. The number of amides is 2. The lowest BCUT2D eigenvalue weighted by atomic mass is 10.0. The Kier molecular flexibility index (Phi) is 5.26. The van der Waals surface area contributed by atoms with Crippen LogP contribution in [0.1, 0.15) is 24.5 Å². The van der Waals surface area contributed by atoms with Gasteiger partial charge in [-0.25, -0.2) is 4.79 Å². The number of carbonyl (C=O) groups excluding carboxylic acids is 1. The number of likely N-dealkylation sites (tertiary alicyclic amines) is 1. The molecule has 0 aliphatic carbocycles. The van der Waals surface area contributed by atoms with Crippen LogP contribution in [0.3, 0.4) is 0 Å². The van der Waals surface area contributed by atoms with Crippen LogP contribution in [0.2, 0.25) is 0 Å². The van der Waals surface area contributed by atoms with Crippen LogP contribution >= 0.6 is 0 Å². The molecule has 1 aliphatic rings. The number of benzene rings is 1. The topological polar surface area (TPSA) is 59.4 Å². The second-order valence-corrected chi connectivity index (χ2v) is 6.67. The van der Waals surface area contributed by atoms with Crippen molar-refractivity contribution in [3.8, 4) is 5.75 Å². The first kappa shape index (κ1) is 17.3. The van der Waals surface area contributed by atoms with Gasteiger partial charge in [0.2, 0.25) is 0 Å². The summed E-state index contributed by atoms with van der Waals surface area (Å²) < 4.78 is 7.42. The number of urea groups is 1. The smallest absolute Gasteiger partial charge is 0.321 e. The van der Waals surface area contributed by atoms with E-state index in [9.17, 15) is 4.79 Å². The molecule has 1 N–H and O–H groups in total. The van der Waals surface area contributed by atoms with E-state index in [2.05, 4.69) is 10.4 Å². The molecule has 1 fully saturated rings. The second-order valence-electron chi connectivity index (χ2n) is 6.67. The van der Waals surface area contributed by atoms with Crippen molar-refractivity contribution in [3.05, 3.63) is 41.7 Å². The van der Waals surface area contributed by atoms with Crippen molar-refractivity contribution in [2.24, 2.45) is 13.0 Å². The molecule has 6 heteroatoms. The predicted molar refractivity (Wildman–Crippen MR) is 98.0 cm³/mol. The number of nitrogens with one attached hydrogen (secondary N) is 1. The zero-order valence-electron chi connectivity index (χ0n) is 15.2.